The quantitative estimate of drug-likeness (QED) is 0.206. The van der Waals surface area contributed by atoms with Crippen molar-refractivity contribution in [3.63, 3.8) is 0 Å². The highest BCUT2D eigenvalue weighted by Crippen LogP contribution is 2.38. The van der Waals surface area contributed by atoms with Gasteiger partial charge >= 0.3 is 0 Å². The SMILES string of the molecule is CCNCC(=O)NC(Cc1ccccc1)C(O)CN1CC2CCCC[C@H]2CC1C(=O)NC(C)(C)C.OO. The van der Waals surface area contributed by atoms with E-state index in [4.69, 9.17) is 10.5 Å². The number of amides is 2. The number of hydrogen-bond acceptors (Lipinski definition) is 7. The standard InChI is InChI=1S/C28H46N4O3.H2O2/c1-5-29-17-26(34)30-23(15-20-11-7-6-8-12-20)25(33)19-32-18-22-14-10-9-13-21(22)16-24(32)27(35)31-28(2,3)4;1-2/h6-8,11-12,21-25,29,33H,5,9-10,13-19H2,1-4H3,(H,30,34)(H,31,35);1-2H/t21-,22?,23?,24?,25?;/m0./s1. The van der Waals surface area contributed by atoms with Gasteiger partial charge in [-0.3, -0.25) is 25.0 Å². The number of carbonyl (C=O) groups excluding carboxylic acids is 2. The molecule has 1 aliphatic heterocycles. The predicted octanol–water partition coefficient (Wildman–Crippen LogP) is 2.50. The molecule has 3 rings (SSSR count). The van der Waals surface area contributed by atoms with E-state index >= 15 is 0 Å². The minimum absolute atomic E-state index is 0.0458. The lowest BCUT2D eigenvalue weighted by atomic mass is 9.72. The van der Waals surface area contributed by atoms with Crippen molar-refractivity contribution in [2.45, 2.75) is 89.9 Å². The molecule has 1 aliphatic carbocycles. The largest absolute Gasteiger partial charge is 0.390 e. The van der Waals surface area contributed by atoms with Crippen LogP contribution < -0.4 is 16.0 Å². The molecule has 2 aliphatic rings. The summed E-state index contributed by atoms with van der Waals surface area (Å²) >= 11 is 0. The number of nitrogens with one attached hydrogen (secondary N) is 3. The molecule has 210 valence electrons. The molecule has 4 unspecified atom stereocenters. The maximum absolute atomic E-state index is 13.3. The van der Waals surface area contributed by atoms with Crippen LogP contribution in [0.15, 0.2) is 30.3 Å². The van der Waals surface area contributed by atoms with Gasteiger partial charge in [0.1, 0.15) is 0 Å². The lowest BCUT2D eigenvalue weighted by Gasteiger charge is -2.47. The van der Waals surface area contributed by atoms with Crippen molar-refractivity contribution in [2.75, 3.05) is 26.2 Å². The first-order valence-electron chi connectivity index (χ1n) is 13.6. The van der Waals surface area contributed by atoms with Gasteiger partial charge in [0.15, 0.2) is 0 Å². The smallest absolute Gasteiger partial charge is 0.237 e. The molecule has 0 radical (unpaired) electrons. The Labute approximate surface area is 221 Å². The third kappa shape index (κ3) is 10.3. The Morgan fingerprint density at radius 3 is 2.35 bits per heavy atom. The molecule has 9 nitrogen and oxygen atoms in total. The number of nitrogens with zero attached hydrogens (tertiary/aromatic N) is 1. The maximum atomic E-state index is 13.3. The zero-order valence-electron chi connectivity index (χ0n) is 22.9. The molecule has 5 atom stereocenters. The van der Waals surface area contributed by atoms with Gasteiger partial charge in [0, 0.05) is 18.6 Å². The minimum atomic E-state index is -0.786. The first kappa shape index (κ1) is 31.2. The number of aliphatic hydroxyl groups is 1. The molecule has 6 N–H and O–H groups in total. The molecule has 1 saturated carbocycles. The first-order valence-corrected chi connectivity index (χ1v) is 13.6. The van der Waals surface area contributed by atoms with Crippen molar-refractivity contribution < 1.29 is 25.2 Å². The topological polar surface area (TPSA) is 134 Å². The van der Waals surface area contributed by atoms with Gasteiger partial charge in [-0.2, -0.15) is 0 Å². The zero-order chi connectivity index (χ0) is 27.4. The molecule has 9 heteroatoms. The average Bonchev–Trinajstić information content (AvgIpc) is 2.87. The number of carbonyl (C=O) groups is 2. The normalized spacial score (nSPS) is 23.6. The van der Waals surface area contributed by atoms with Crippen LogP contribution in [-0.2, 0) is 16.0 Å². The number of β-amino-alcohol motifs (C(OH)–C–C–N with tert-alkyl or cyclic N) is 1. The Hall–Kier alpha value is -2.04. The number of aliphatic hydroxyl groups excluding tert-OH is 1. The molecule has 0 bridgehead atoms. The van der Waals surface area contributed by atoms with Crippen LogP contribution in [0.1, 0.15) is 65.4 Å². The van der Waals surface area contributed by atoms with Gasteiger partial charge in [0.05, 0.1) is 24.7 Å². The molecule has 1 aromatic carbocycles. The van der Waals surface area contributed by atoms with Gasteiger partial charge in [0.2, 0.25) is 11.8 Å². The van der Waals surface area contributed by atoms with Crippen LogP contribution in [0.5, 0.6) is 0 Å². The third-order valence-corrected chi connectivity index (χ3v) is 7.37. The second-order valence-corrected chi connectivity index (χ2v) is 11.5. The number of benzene rings is 1. The monoisotopic (exact) mass is 520 g/mol. The Morgan fingerprint density at radius 2 is 1.73 bits per heavy atom. The van der Waals surface area contributed by atoms with E-state index in [0.29, 0.717) is 31.3 Å². The highest BCUT2D eigenvalue weighted by Gasteiger charge is 2.41. The minimum Gasteiger partial charge on any atom is -0.390 e. The molecule has 1 aromatic rings. The summed E-state index contributed by atoms with van der Waals surface area (Å²) in [5, 5.41) is 32.7. The van der Waals surface area contributed by atoms with Crippen molar-refractivity contribution in [3.8, 4) is 0 Å². The van der Waals surface area contributed by atoms with E-state index in [-0.39, 0.29) is 29.9 Å². The Balaban J connectivity index is 0.00000235. The van der Waals surface area contributed by atoms with Crippen LogP contribution in [0, 0.1) is 11.8 Å². The molecule has 0 spiro atoms. The van der Waals surface area contributed by atoms with Gasteiger partial charge in [-0.25, -0.2) is 0 Å². The summed E-state index contributed by atoms with van der Waals surface area (Å²) in [5.74, 6) is 1.07. The van der Waals surface area contributed by atoms with E-state index in [0.717, 1.165) is 18.5 Å². The van der Waals surface area contributed by atoms with Crippen LogP contribution in [0.3, 0.4) is 0 Å². The Kier molecular flexibility index (Phi) is 13.0. The summed E-state index contributed by atoms with van der Waals surface area (Å²) in [5.41, 5.74) is 0.759. The van der Waals surface area contributed by atoms with E-state index in [1.54, 1.807) is 0 Å². The number of piperidine rings is 1. The number of likely N-dealkylation sites (tertiary alicyclic amines) is 1. The zero-order valence-corrected chi connectivity index (χ0v) is 22.9. The summed E-state index contributed by atoms with van der Waals surface area (Å²) in [6.45, 7) is 10.1. The highest BCUT2D eigenvalue weighted by molar-refractivity contribution is 5.82. The molecule has 2 amide bonds. The van der Waals surface area contributed by atoms with Crippen LogP contribution in [0.4, 0.5) is 0 Å². The van der Waals surface area contributed by atoms with Gasteiger partial charge in [0.25, 0.3) is 0 Å². The van der Waals surface area contributed by atoms with E-state index in [2.05, 4.69) is 20.9 Å². The van der Waals surface area contributed by atoms with E-state index in [9.17, 15) is 14.7 Å². The second-order valence-electron chi connectivity index (χ2n) is 11.5. The number of likely N-dealkylation sites (N-methyl/N-ethyl adjacent to an activating group) is 1. The third-order valence-electron chi connectivity index (χ3n) is 7.37. The second kappa shape index (κ2) is 15.4. The van der Waals surface area contributed by atoms with Crippen molar-refractivity contribution in [1.29, 1.82) is 0 Å². The summed E-state index contributed by atoms with van der Waals surface area (Å²) in [6, 6.07) is 9.26. The number of hydrogen-bond donors (Lipinski definition) is 6. The predicted molar refractivity (Wildman–Crippen MR) is 145 cm³/mol. The van der Waals surface area contributed by atoms with Crippen LogP contribution in [0.25, 0.3) is 0 Å². The van der Waals surface area contributed by atoms with E-state index in [1.807, 2.05) is 58.0 Å². The molecular weight excluding hydrogens is 472 g/mol. The Bertz CT molecular complexity index is 817. The number of rotatable bonds is 10. The molecule has 37 heavy (non-hydrogen) atoms. The highest BCUT2D eigenvalue weighted by atomic mass is 17.0. The molecular formula is C28H48N4O5. The fourth-order valence-corrected chi connectivity index (χ4v) is 5.64. The lowest BCUT2D eigenvalue weighted by molar-refractivity contribution is -0.176. The van der Waals surface area contributed by atoms with Crippen LogP contribution in [-0.4, -0.2) is 82.2 Å². The summed E-state index contributed by atoms with van der Waals surface area (Å²) < 4.78 is 0. The maximum Gasteiger partial charge on any atom is 0.237 e. The van der Waals surface area contributed by atoms with Gasteiger partial charge in [-0.05, 0) is 64.0 Å². The Morgan fingerprint density at radius 1 is 1.08 bits per heavy atom. The summed E-state index contributed by atoms with van der Waals surface area (Å²) in [7, 11) is 0. The average molecular weight is 521 g/mol. The molecule has 1 heterocycles. The van der Waals surface area contributed by atoms with Crippen LogP contribution in [0.2, 0.25) is 0 Å². The molecule has 0 aromatic heterocycles. The van der Waals surface area contributed by atoms with Crippen LogP contribution >= 0.6 is 0 Å². The van der Waals surface area contributed by atoms with Gasteiger partial charge < -0.3 is 21.1 Å². The van der Waals surface area contributed by atoms with Crippen molar-refractivity contribution in [3.05, 3.63) is 35.9 Å². The van der Waals surface area contributed by atoms with Gasteiger partial charge in [-0.15, -0.1) is 0 Å². The van der Waals surface area contributed by atoms with Crippen molar-refractivity contribution in [2.24, 2.45) is 11.8 Å². The van der Waals surface area contributed by atoms with Crippen molar-refractivity contribution >= 4 is 11.8 Å². The summed E-state index contributed by atoms with van der Waals surface area (Å²) in [6.07, 6.45) is 5.47. The fourth-order valence-electron chi connectivity index (χ4n) is 5.64. The molecule has 1 saturated heterocycles. The molecule has 2 fully saturated rings. The van der Waals surface area contributed by atoms with Gasteiger partial charge in [-0.1, -0.05) is 56.5 Å². The first-order chi connectivity index (χ1) is 17.7. The lowest BCUT2D eigenvalue weighted by Crippen LogP contribution is -2.60. The number of fused-ring (bicyclic) bond motifs is 1. The fraction of sp³-hybridized carbons (Fsp3) is 0.714. The van der Waals surface area contributed by atoms with E-state index in [1.165, 1.54) is 25.7 Å². The van der Waals surface area contributed by atoms with Crippen molar-refractivity contribution in [1.82, 2.24) is 20.9 Å². The summed E-state index contributed by atoms with van der Waals surface area (Å²) in [4.78, 5) is 28.1. The van der Waals surface area contributed by atoms with E-state index < -0.39 is 12.1 Å².